The molecule has 33 heavy (non-hydrogen) atoms. The molecule has 2 unspecified atom stereocenters. The first-order valence-electron chi connectivity index (χ1n) is 10.6. The molecule has 0 radical (unpaired) electrons. The maximum atomic E-state index is 12.5. The van der Waals surface area contributed by atoms with Crippen molar-refractivity contribution in [2.24, 2.45) is 0 Å². The Morgan fingerprint density at radius 2 is 1.88 bits per heavy atom. The van der Waals surface area contributed by atoms with Crippen molar-refractivity contribution >= 4 is 16.0 Å². The van der Waals surface area contributed by atoms with Gasteiger partial charge >= 0.3 is 5.97 Å². The van der Waals surface area contributed by atoms with E-state index in [4.69, 9.17) is 13.9 Å². The van der Waals surface area contributed by atoms with Crippen LogP contribution in [-0.2, 0) is 19.5 Å². The lowest BCUT2D eigenvalue weighted by Gasteiger charge is -2.12. The maximum Gasteiger partial charge on any atom is 0.338 e. The molecule has 1 N–H and O–H groups in total. The molecule has 3 aromatic rings. The normalized spacial score (nSPS) is 17.1. The standard InChI is InChI=1S/C23H25N3O6S/c1-15-5-7-17(8-6-15)22-26-25-21(32-22)16(2)31-23(27)18-9-11-20(12-10-18)33(28,29)24-14-19-4-3-13-30-19/h5-12,16,19,24H,3-4,13-14H2,1-2H3. The molecule has 1 aliphatic rings. The number of carbonyl (C=O) groups is 1. The highest BCUT2D eigenvalue weighted by atomic mass is 32.2. The highest BCUT2D eigenvalue weighted by Gasteiger charge is 2.22. The van der Waals surface area contributed by atoms with Crippen molar-refractivity contribution < 1.29 is 27.1 Å². The van der Waals surface area contributed by atoms with E-state index in [2.05, 4.69) is 14.9 Å². The van der Waals surface area contributed by atoms with Crippen LogP contribution in [0, 0.1) is 6.92 Å². The number of carbonyl (C=O) groups excluding carboxylic acids is 1. The van der Waals surface area contributed by atoms with E-state index >= 15 is 0 Å². The predicted molar refractivity (Wildman–Crippen MR) is 119 cm³/mol. The van der Waals surface area contributed by atoms with Crippen LogP contribution < -0.4 is 4.72 Å². The highest BCUT2D eigenvalue weighted by Crippen LogP contribution is 2.24. The highest BCUT2D eigenvalue weighted by molar-refractivity contribution is 7.89. The Balaban J connectivity index is 1.36. The molecule has 9 nitrogen and oxygen atoms in total. The quantitative estimate of drug-likeness (QED) is 0.496. The first-order chi connectivity index (χ1) is 15.8. The molecule has 1 saturated heterocycles. The Labute approximate surface area is 192 Å². The van der Waals surface area contributed by atoms with Crippen molar-refractivity contribution in [1.82, 2.24) is 14.9 Å². The number of hydrogen-bond donors (Lipinski definition) is 1. The molecule has 1 fully saturated rings. The van der Waals surface area contributed by atoms with Crippen LogP contribution in [0.1, 0.15) is 47.7 Å². The molecule has 1 aliphatic heterocycles. The number of nitrogens with zero attached hydrogens (tertiary/aromatic N) is 2. The van der Waals surface area contributed by atoms with E-state index in [1.165, 1.54) is 24.3 Å². The minimum atomic E-state index is -3.70. The van der Waals surface area contributed by atoms with Crippen LogP contribution in [-0.4, -0.2) is 43.8 Å². The van der Waals surface area contributed by atoms with Gasteiger partial charge in [0, 0.05) is 18.7 Å². The maximum absolute atomic E-state index is 12.5. The minimum absolute atomic E-state index is 0.0599. The lowest BCUT2D eigenvalue weighted by atomic mass is 10.1. The van der Waals surface area contributed by atoms with Gasteiger partial charge in [-0.25, -0.2) is 17.9 Å². The average Bonchev–Trinajstić information content (AvgIpc) is 3.51. The fourth-order valence-electron chi connectivity index (χ4n) is 3.35. The summed E-state index contributed by atoms with van der Waals surface area (Å²) in [6, 6.07) is 13.1. The average molecular weight is 472 g/mol. The summed E-state index contributed by atoms with van der Waals surface area (Å²) in [6.07, 6.45) is 0.878. The van der Waals surface area contributed by atoms with Gasteiger partial charge in [0.2, 0.25) is 15.9 Å². The van der Waals surface area contributed by atoms with Crippen molar-refractivity contribution in [3.63, 3.8) is 0 Å². The molecule has 10 heteroatoms. The van der Waals surface area contributed by atoms with Crippen molar-refractivity contribution in [3.8, 4) is 11.5 Å². The number of nitrogens with one attached hydrogen (secondary N) is 1. The van der Waals surface area contributed by atoms with Gasteiger partial charge in [-0.1, -0.05) is 17.7 Å². The van der Waals surface area contributed by atoms with Crippen LogP contribution in [0.4, 0.5) is 0 Å². The van der Waals surface area contributed by atoms with Crippen LogP contribution in [0.3, 0.4) is 0 Å². The van der Waals surface area contributed by atoms with Crippen molar-refractivity contribution in [2.45, 2.75) is 43.8 Å². The Bertz CT molecular complexity index is 1200. The largest absolute Gasteiger partial charge is 0.449 e. The number of ether oxygens (including phenoxy) is 2. The summed E-state index contributed by atoms with van der Waals surface area (Å²) >= 11 is 0. The van der Waals surface area contributed by atoms with E-state index in [1.807, 2.05) is 31.2 Å². The van der Waals surface area contributed by atoms with Gasteiger partial charge in [0.25, 0.3) is 5.89 Å². The molecule has 0 spiro atoms. The molecule has 2 aromatic carbocycles. The summed E-state index contributed by atoms with van der Waals surface area (Å²) in [5.74, 6) is -0.136. The summed E-state index contributed by atoms with van der Waals surface area (Å²) in [5, 5.41) is 7.98. The second kappa shape index (κ2) is 9.82. The first-order valence-corrected chi connectivity index (χ1v) is 12.1. The third-order valence-corrected chi connectivity index (χ3v) is 6.74. The Kier molecular flexibility index (Phi) is 6.87. The van der Waals surface area contributed by atoms with Crippen LogP contribution in [0.5, 0.6) is 0 Å². The van der Waals surface area contributed by atoms with Gasteiger partial charge in [0.1, 0.15) is 0 Å². The molecule has 0 bridgehead atoms. The summed E-state index contributed by atoms with van der Waals surface area (Å²) < 4.78 is 44.0. The summed E-state index contributed by atoms with van der Waals surface area (Å²) in [6.45, 7) is 4.48. The third kappa shape index (κ3) is 5.65. The molecular weight excluding hydrogens is 446 g/mol. The smallest absolute Gasteiger partial charge is 0.338 e. The van der Waals surface area contributed by atoms with Crippen LogP contribution >= 0.6 is 0 Å². The van der Waals surface area contributed by atoms with E-state index in [1.54, 1.807) is 6.92 Å². The number of rotatable bonds is 8. The van der Waals surface area contributed by atoms with Crippen LogP contribution in [0.25, 0.3) is 11.5 Å². The summed E-state index contributed by atoms with van der Waals surface area (Å²) in [5.41, 5.74) is 2.08. The van der Waals surface area contributed by atoms with E-state index in [0.29, 0.717) is 12.5 Å². The molecule has 2 atom stereocenters. The van der Waals surface area contributed by atoms with Gasteiger partial charge in [-0.15, -0.1) is 10.2 Å². The lowest BCUT2D eigenvalue weighted by Crippen LogP contribution is -2.31. The number of aromatic nitrogens is 2. The van der Waals surface area contributed by atoms with Crippen molar-refractivity contribution in [2.75, 3.05) is 13.2 Å². The van der Waals surface area contributed by atoms with E-state index in [-0.39, 0.29) is 29.0 Å². The monoisotopic (exact) mass is 471 g/mol. The number of sulfonamides is 1. The van der Waals surface area contributed by atoms with Crippen LogP contribution in [0.2, 0.25) is 0 Å². The molecular formula is C23H25N3O6S. The van der Waals surface area contributed by atoms with E-state index < -0.39 is 22.1 Å². The number of aryl methyl sites for hydroxylation is 1. The molecule has 2 heterocycles. The SMILES string of the molecule is Cc1ccc(-c2nnc(C(C)OC(=O)c3ccc(S(=O)(=O)NCC4CCCO4)cc3)o2)cc1. The van der Waals surface area contributed by atoms with Gasteiger partial charge in [-0.05, 0) is 63.1 Å². The van der Waals surface area contributed by atoms with Gasteiger partial charge in [0.15, 0.2) is 6.10 Å². The Morgan fingerprint density at radius 3 is 2.55 bits per heavy atom. The number of hydrogen-bond acceptors (Lipinski definition) is 8. The molecule has 0 saturated carbocycles. The summed E-state index contributed by atoms with van der Waals surface area (Å²) in [4.78, 5) is 12.6. The molecule has 4 rings (SSSR count). The zero-order valence-corrected chi connectivity index (χ0v) is 19.2. The summed E-state index contributed by atoms with van der Waals surface area (Å²) in [7, 11) is -3.70. The third-order valence-electron chi connectivity index (χ3n) is 5.30. The topological polar surface area (TPSA) is 121 Å². The second-order valence-electron chi connectivity index (χ2n) is 7.87. The van der Waals surface area contributed by atoms with Crippen LogP contribution in [0.15, 0.2) is 57.8 Å². The first kappa shape index (κ1) is 23.1. The minimum Gasteiger partial charge on any atom is -0.449 e. The molecule has 174 valence electrons. The second-order valence-corrected chi connectivity index (χ2v) is 9.64. The molecule has 0 aliphatic carbocycles. The molecule has 0 amide bonds. The molecule has 1 aromatic heterocycles. The van der Waals surface area contributed by atoms with Gasteiger partial charge in [0.05, 0.1) is 16.6 Å². The Hall–Kier alpha value is -3.08. The van der Waals surface area contributed by atoms with Crippen molar-refractivity contribution in [1.29, 1.82) is 0 Å². The van der Waals surface area contributed by atoms with Crippen molar-refractivity contribution in [3.05, 3.63) is 65.5 Å². The lowest BCUT2D eigenvalue weighted by molar-refractivity contribution is 0.0279. The number of benzene rings is 2. The van der Waals surface area contributed by atoms with E-state index in [0.717, 1.165) is 24.0 Å². The number of esters is 1. The fraction of sp³-hybridized carbons (Fsp3) is 0.348. The van der Waals surface area contributed by atoms with Gasteiger partial charge < -0.3 is 13.9 Å². The van der Waals surface area contributed by atoms with E-state index in [9.17, 15) is 13.2 Å². The zero-order valence-electron chi connectivity index (χ0n) is 18.4. The van der Waals surface area contributed by atoms with Gasteiger partial charge in [-0.3, -0.25) is 0 Å². The fourth-order valence-corrected chi connectivity index (χ4v) is 4.42. The predicted octanol–water partition coefficient (Wildman–Crippen LogP) is 3.42. The van der Waals surface area contributed by atoms with Gasteiger partial charge in [-0.2, -0.15) is 0 Å². The Morgan fingerprint density at radius 1 is 1.15 bits per heavy atom. The zero-order chi connectivity index (χ0) is 23.4.